The molecule has 2 fully saturated rings. The van der Waals surface area contributed by atoms with Crippen LogP contribution in [0.4, 0.5) is 8.78 Å². The number of aliphatic hydroxyl groups is 1. The van der Waals surface area contributed by atoms with Gasteiger partial charge in [-0.25, -0.2) is 8.78 Å². The minimum atomic E-state index is -0.874. The van der Waals surface area contributed by atoms with E-state index in [4.69, 9.17) is 0 Å². The molecule has 0 saturated carbocycles. The highest BCUT2D eigenvalue weighted by atomic mass is 19.2. The highest BCUT2D eigenvalue weighted by molar-refractivity contribution is 5.78. The Kier molecular flexibility index (Phi) is 4.41. The summed E-state index contributed by atoms with van der Waals surface area (Å²) in [6.07, 6.45) is 4.41. The van der Waals surface area contributed by atoms with Crippen LogP contribution in [-0.4, -0.2) is 34.6 Å². The summed E-state index contributed by atoms with van der Waals surface area (Å²) in [5.41, 5.74) is 0.480. The van der Waals surface area contributed by atoms with E-state index in [0.717, 1.165) is 37.8 Å². The number of aryl methyl sites for hydroxylation is 1. The molecule has 0 aromatic heterocycles. The third-order valence-corrected chi connectivity index (χ3v) is 5.77. The van der Waals surface area contributed by atoms with Gasteiger partial charge in [0, 0.05) is 23.9 Å². The number of aliphatic hydroxyl groups excluding tert-OH is 1. The maximum Gasteiger partial charge on any atom is 0.223 e. The van der Waals surface area contributed by atoms with Crippen molar-refractivity contribution in [3.05, 3.63) is 35.4 Å². The molecule has 2 heterocycles. The summed E-state index contributed by atoms with van der Waals surface area (Å²) >= 11 is 0. The van der Waals surface area contributed by atoms with Gasteiger partial charge in [0.1, 0.15) is 0 Å². The molecule has 1 amide bonds. The van der Waals surface area contributed by atoms with Gasteiger partial charge in [-0.15, -0.1) is 0 Å². The van der Waals surface area contributed by atoms with Crippen LogP contribution in [0.15, 0.2) is 18.2 Å². The monoisotopic (exact) mass is 323 g/mol. The first-order valence-electron chi connectivity index (χ1n) is 8.36. The second kappa shape index (κ2) is 6.19. The van der Waals surface area contributed by atoms with Gasteiger partial charge in [0.25, 0.3) is 0 Å². The van der Waals surface area contributed by atoms with Crippen LogP contribution in [0.5, 0.6) is 0 Å². The lowest BCUT2D eigenvalue weighted by molar-refractivity contribution is -0.133. The lowest BCUT2D eigenvalue weighted by Gasteiger charge is -2.34. The zero-order valence-electron chi connectivity index (χ0n) is 13.4. The predicted molar refractivity (Wildman–Crippen MR) is 82.8 cm³/mol. The molecule has 5 heteroatoms. The van der Waals surface area contributed by atoms with Crippen molar-refractivity contribution in [3.8, 4) is 0 Å². The van der Waals surface area contributed by atoms with Crippen molar-refractivity contribution in [1.29, 1.82) is 0 Å². The molecule has 2 bridgehead atoms. The van der Waals surface area contributed by atoms with E-state index in [1.54, 1.807) is 0 Å². The Morgan fingerprint density at radius 1 is 1.35 bits per heavy atom. The second-order valence-corrected chi connectivity index (χ2v) is 6.87. The Morgan fingerprint density at radius 3 is 2.74 bits per heavy atom. The van der Waals surface area contributed by atoms with Crippen LogP contribution in [-0.2, 0) is 11.2 Å². The van der Waals surface area contributed by atoms with E-state index in [9.17, 15) is 18.7 Å². The number of halogens is 2. The molecule has 3 atom stereocenters. The highest BCUT2D eigenvalue weighted by Crippen LogP contribution is 2.51. The fourth-order valence-electron chi connectivity index (χ4n) is 4.40. The zero-order valence-corrected chi connectivity index (χ0v) is 13.4. The standard InChI is InChI=1S/C18H23F2NO2/c1-2-18(11-22)10-13-5-7-16(18)21(13)17(23)8-4-12-3-6-14(19)15(20)9-12/h3,6,9,13,16,22H,2,4-5,7-8,10-11H2,1H3/t13-,16+,18-/m1/s1. The van der Waals surface area contributed by atoms with E-state index in [1.165, 1.54) is 6.07 Å². The second-order valence-electron chi connectivity index (χ2n) is 6.87. The highest BCUT2D eigenvalue weighted by Gasteiger charge is 2.55. The maximum absolute atomic E-state index is 13.2. The molecule has 1 aromatic carbocycles. The molecule has 2 aliphatic rings. The third kappa shape index (κ3) is 2.75. The summed E-state index contributed by atoms with van der Waals surface area (Å²) in [6.45, 7) is 2.19. The smallest absolute Gasteiger partial charge is 0.223 e. The first-order valence-corrected chi connectivity index (χ1v) is 8.36. The van der Waals surface area contributed by atoms with Crippen molar-refractivity contribution in [2.75, 3.05) is 6.61 Å². The van der Waals surface area contributed by atoms with E-state index in [0.29, 0.717) is 18.4 Å². The van der Waals surface area contributed by atoms with Crippen molar-refractivity contribution in [3.63, 3.8) is 0 Å². The fourth-order valence-corrected chi connectivity index (χ4v) is 4.40. The Morgan fingerprint density at radius 2 is 2.13 bits per heavy atom. The minimum absolute atomic E-state index is 0.0611. The largest absolute Gasteiger partial charge is 0.396 e. The molecule has 0 radical (unpaired) electrons. The van der Waals surface area contributed by atoms with Gasteiger partial charge in [-0.2, -0.15) is 0 Å². The molecule has 2 aliphatic heterocycles. The zero-order chi connectivity index (χ0) is 16.6. The number of hydrogen-bond donors (Lipinski definition) is 1. The molecule has 23 heavy (non-hydrogen) atoms. The molecule has 1 aromatic rings. The van der Waals surface area contributed by atoms with Crippen molar-refractivity contribution < 1.29 is 18.7 Å². The van der Waals surface area contributed by atoms with Crippen LogP contribution in [0.2, 0.25) is 0 Å². The number of carbonyl (C=O) groups excluding carboxylic acids is 1. The van der Waals surface area contributed by atoms with Crippen LogP contribution in [0.25, 0.3) is 0 Å². The Bertz CT molecular complexity index is 601. The number of amides is 1. The molecule has 0 unspecified atom stereocenters. The van der Waals surface area contributed by atoms with Crippen LogP contribution < -0.4 is 0 Å². The topological polar surface area (TPSA) is 40.5 Å². The predicted octanol–water partition coefficient (Wildman–Crippen LogP) is 3.05. The fraction of sp³-hybridized carbons (Fsp3) is 0.611. The van der Waals surface area contributed by atoms with E-state index in [2.05, 4.69) is 6.92 Å². The van der Waals surface area contributed by atoms with Crippen LogP contribution >= 0.6 is 0 Å². The van der Waals surface area contributed by atoms with Crippen molar-refractivity contribution >= 4 is 5.91 Å². The average Bonchev–Trinajstić information content (AvgIpc) is 3.11. The van der Waals surface area contributed by atoms with E-state index in [1.807, 2.05) is 4.90 Å². The van der Waals surface area contributed by atoms with Gasteiger partial charge in [0.05, 0.1) is 6.61 Å². The number of benzene rings is 1. The quantitative estimate of drug-likeness (QED) is 0.905. The Hall–Kier alpha value is -1.49. The van der Waals surface area contributed by atoms with E-state index in [-0.39, 0.29) is 30.0 Å². The van der Waals surface area contributed by atoms with Gasteiger partial charge in [0.2, 0.25) is 5.91 Å². The number of nitrogens with zero attached hydrogens (tertiary/aromatic N) is 1. The maximum atomic E-state index is 13.2. The van der Waals surface area contributed by atoms with Crippen molar-refractivity contribution in [2.45, 2.75) is 57.5 Å². The van der Waals surface area contributed by atoms with E-state index < -0.39 is 11.6 Å². The van der Waals surface area contributed by atoms with Gasteiger partial charge in [-0.3, -0.25) is 4.79 Å². The number of fused-ring (bicyclic) bond motifs is 2. The molecular formula is C18H23F2NO2. The third-order valence-electron chi connectivity index (χ3n) is 5.77. The van der Waals surface area contributed by atoms with Gasteiger partial charge in [-0.05, 0) is 49.8 Å². The molecule has 3 rings (SSSR count). The molecular weight excluding hydrogens is 300 g/mol. The molecule has 0 spiro atoms. The van der Waals surface area contributed by atoms with Crippen LogP contribution in [0.3, 0.4) is 0 Å². The van der Waals surface area contributed by atoms with Crippen molar-refractivity contribution in [1.82, 2.24) is 4.90 Å². The van der Waals surface area contributed by atoms with E-state index >= 15 is 0 Å². The first-order chi connectivity index (χ1) is 11.0. The first kappa shape index (κ1) is 16.4. The van der Waals surface area contributed by atoms with Crippen LogP contribution in [0.1, 0.15) is 44.6 Å². The summed E-state index contributed by atoms with van der Waals surface area (Å²) in [5, 5.41) is 9.79. The van der Waals surface area contributed by atoms with Gasteiger partial charge in [0.15, 0.2) is 11.6 Å². The van der Waals surface area contributed by atoms with Gasteiger partial charge >= 0.3 is 0 Å². The normalized spacial score (nSPS) is 29.3. The summed E-state index contributed by atoms with van der Waals surface area (Å²) in [4.78, 5) is 14.6. The van der Waals surface area contributed by atoms with Gasteiger partial charge < -0.3 is 10.0 Å². The molecule has 0 aliphatic carbocycles. The number of carbonyl (C=O) groups is 1. The summed E-state index contributed by atoms with van der Waals surface area (Å²) in [5.74, 6) is -1.68. The molecule has 2 saturated heterocycles. The lowest BCUT2D eigenvalue weighted by atomic mass is 9.72. The summed E-state index contributed by atoms with van der Waals surface area (Å²) in [7, 11) is 0. The van der Waals surface area contributed by atoms with Crippen molar-refractivity contribution in [2.24, 2.45) is 5.41 Å². The van der Waals surface area contributed by atoms with Gasteiger partial charge in [-0.1, -0.05) is 13.0 Å². The number of hydrogen-bond acceptors (Lipinski definition) is 2. The number of rotatable bonds is 5. The van der Waals surface area contributed by atoms with Crippen LogP contribution in [0, 0.1) is 17.0 Å². The Labute approximate surface area is 135 Å². The lowest BCUT2D eigenvalue weighted by Crippen LogP contribution is -2.42. The minimum Gasteiger partial charge on any atom is -0.396 e. The molecule has 1 N–H and O–H groups in total. The molecule has 3 nitrogen and oxygen atoms in total. The SMILES string of the molecule is CC[C@]1(CO)C[C@H]2CC[C@@H]1N2C(=O)CCc1ccc(F)c(F)c1. The average molecular weight is 323 g/mol. The molecule has 126 valence electrons. The summed E-state index contributed by atoms with van der Waals surface area (Å²) < 4.78 is 26.2. The Balaban J connectivity index is 1.66. The summed E-state index contributed by atoms with van der Waals surface area (Å²) in [6, 6.07) is 4.13.